The Morgan fingerprint density at radius 1 is 0.778 bits per heavy atom. The molecule has 1 fully saturated rings. The second-order valence-electron chi connectivity index (χ2n) is 11.2. The number of anilines is 1. The van der Waals surface area contributed by atoms with Gasteiger partial charge in [-0.1, -0.05) is 42.5 Å². The van der Waals surface area contributed by atoms with E-state index in [0.717, 1.165) is 48.3 Å². The zero-order valence-corrected chi connectivity index (χ0v) is 24.5. The van der Waals surface area contributed by atoms with E-state index in [1.54, 1.807) is 48.5 Å². The van der Waals surface area contributed by atoms with Gasteiger partial charge < -0.3 is 25.7 Å². The summed E-state index contributed by atoms with van der Waals surface area (Å²) in [5.41, 5.74) is 2.22. The Morgan fingerprint density at radius 2 is 1.47 bits per heavy atom. The number of carbonyl (C=O) groups excluding carboxylic acids is 4. The number of hydrogen-bond donors (Lipinski definition) is 4. The standard InChI is InChI=1S/C33H34N4O8/c38-27(34-25(18-20-8-3-1-4-9-20)30(41)35-24(33(44)45)13-15-28(39)40)19-37-31(42)22-11-7-10-21-26(36-16-5-2-6-17-36)14-12-23(29(21)22)32(37)43/h1,3-4,7-12,14,24-25H,2,5-6,13,15-19H2,(H,34,38)(H,35,41)(H,39,40)(H,44,45)/t24?,25-/m0/s1. The summed E-state index contributed by atoms with van der Waals surface area (Å²) in [5.74, 6) is -5.55. The van der Waals surface area contributed by atoms with Crippen molar-refractivity contribution in [2.24, 2.45) is 0 Å². The molecule has 0 spiro atoms. The van der Waals surface area contributed by atoms with Gasteiger partial charge in [0.1, 0.15) is 18.6 Å². The third kappa shape index (κ3) is 6.95. The molecule has 1 saturated heterocycles. The lowest BCUT2D eigenvalue weighted by Crippen LogP contribution is -2.55. The third-order valence-corrected chi connectivity index (χ3v) is 8.16. The van der Waals surface area contributed by atoms with E-state index < -0.39 is 60.6 Å². The molecule has 0 aromatic heterocycles. The van der Waals surface area contributed by atoms with Crippen LogP contribution in [0.3, 0.4) is 0 Å². The number of aliphatic carboxylic acids is 2. The van der Waals surface area contributed by atoms with E-state index in [1.165, 1.54) is 0 Å². The van der Waals surface area contributed by atoms with Crippen molar-refractivity contribution in [3.8, 4) is 0 Å². The summed E-state index contributed by atoms with van der Waals surface area (Å²) in [6, 6.07) is 14.7. The van der Waals surface area contributed by atoms with Gasteiger partial charge in [0.15, 0.2) is 0 Å². The van der Waals surface area contributed by atoms with Crippen LogP contribution in [0.4, 0.5) is 5.69 Å². The third-order valence-electron chi connectivity index (χ3n) is 8.16. The molecule has 45 heavy (non-hydrogen) atoms. The van der Waals surface area contributed by atoms with Crippen LogP contribution in [0.5, 0.6) is 0 Å². The predicted octanol–water partition coefficient (Wildman–Crippen LogP) is 2.59. The molecule has 234 valence electrons. The molecule has 12 nitrogen and oxygen atoms in total. The van der Waals surface area contributed by atoms with E-state index in [0.29, 0.717) is 22.1 Å². The first kappa shape index (κ1) is 31.2. The molecule has 0 radical (unpaired) electrons. The Morgan fingerprint density at radius 3 is 2.13 bits per heavy atom. The summed E-state index contributed by atoms with van der Waals surface area (Å²) < 4.78 is 0. The molecule has 12 heteroatoms. The number of hydrogen-bond acceptors (Lipinski definition) is 7. The lowest BCUT2D eigenvalue weighted by molar-refractivity contribution is -0.143. The molecule has 3 aromatic rings. The van der Waals surface area contributed by atoms with Crippen LogP contribution in [-0.2, 0) is 25.6 Å². The smallest absolute Gasteiger partial charge is 0.326 e. The van der Waals surface area contributed by atoms with Crippen LogP contribution in [0.15, 0.2) is 60.7 Å². The van der Waals surface area contributed by atoms with Crippen LogP contribution < -0.4 is 15.5 Å². The summed E-state index contributed by atoms with van der Waals surface area (Å²) in [6.07, 6.45) is 2.42. The highest BCUT2D eigenvalue weighted by Crippen LogP contribution is 2.36. The van der Waals surface area contributed by atoms with Gasteiger partial charge in [0.2, 0.25) is 11.8 Å². The predicted molar refractivity (Wildman–Crippen MR) is 164 cm³/mol. The fraction of sp³-hybridized carbons (Fsp3) is 0.333. The van der Waals surface area contributed by atoms with Crippen molar-refractivity contribution < 1.29 is 39.0 Å². The Balaban J connectivity index is 1.35. The molecular weight excluding hydrogens is 580 g/mol. The average Bonchev–Trinajstić information content (AvgIpc) is 3.03. The number of benzene rings is 3. The molecule has 1 unspecified atom stereocenters. The molecule has 2 aliphatic rings. The van der Waals surface area contributed by atoms with Gasteiger partial charge in [0.05, 0.1) is 0 Å². The quantitative estimate of drug-likeness (QED) is 0.224. The highest BCUT2D eigenvalue weighted by Gasteiger charge is 2.36. The lowest BCUT2D eigenvalue weighted by Gasteiger charge is -2.32. The minimum absolute atomic E-state index is 0.0208. The van der Waals surface area contributed by atoms with Gasteiger partial charge in [0.25, 0.3) is 11.8 Å². The topological polar surface area (TPSA) is 173 Å². The van der Waals surface area contributed by atoms with E-state index >= 15 is 0 Å². The molecule has 0 saturated carbocycles. The first-order chi connectivity index (χ1) is 21.6. The van der Waals surface area contributed by atoms with Crippen molar-refractivity contribution in [2.75, 3.05) is 24.5 Å². The van der Waals surface area contributed by atoms with E-state index in [1.807, 2.05) is 12.1 Å². The SMILES string of the molecule is O=C(O)CCC(NC(=O)[C@H](Cc1ccccc1)NC(=O)CN1C(=O)c2cccc3c(N4CCCCC4)ccc(c23)C1=O)C(=O)O. The number of carboxylic acids is 2. The van der Waals surface area contributed by atoms with Gasteiger partial charge in [-0.2, -0.15) is 0 Å². The normalized spacial score (nSPS) is 15.8. The Kier molecular flexibility index (Phi) is 9.41. The average molecular weight is 615 g/mol. The van der Waals surface area contributed by atoms with Gasteiger partial charge >= 0.3 is 11.9 Å². The van der Waals surface area contributed by atoms with Crippen LogP contribution in [-0.4, -0.2) is 82.4 Å². The number of nitrogens with zero attached hydrogens (tertiary/aromatic N) is 2. The van der Waals surface area contributed by atoms with Crippen LogP contribution in [0, 0.1) is 0 Å². The number of nitrogens with one attached hydrogen (secondary N) is 2. The van der Waals surface area contributed by atoms with Crippen molar-refractivity contribution in [2.45, 2.75) is 50.6 Å². The number of piperidine rings is 1. The largest absolute Gasteiger partial charge is 0.481 e. The van der Waals surface area contributed by atoms with Crippen molar-refractivity contribution in [3.05, 3.63) is 77.4 Å². The number of amides is 4. The van der Waals surface area contributed by atoms with Crippen molar-refractivity contribution in [1.82, 2.24) is 15.5 Å². The fourth-order valence-corrected chi connectivity index (χ4v) is 5.93. The number of carboxylic acid groups (broad SMARTS) is 2. The lowest BCUT2D eigenvalue weighted by atomic mass is 9.92. The van der Waals surface area contributed by atoms with E-state index in [4.69, 9.17) is 5.11 Å². The van der Waals surface area contributed by atoms with E-state index in [9.17, 15) is 33.9 Å². The van der Waals surface area contributed by atoms with Crippen LogP contribution in [0.2, 0.25) is 0 Å². The van der Waals surface area contributed by atoms with E-state index in [-0.39, 0.29) is 12.8 Å². The molecule has 4 N–H and O–H groups in total. The van der Waals surface area contributed by atoms with Crippen LogP contribution in [0.1, 0.15) is 58.4 Å². The minimum atomic E-state index is -1.50. The summed E-state index contributed by atoms with van der Waals surface area (Å²) in [6.45, 7) is 1.11. The monoisotopic (exact) mass is 614 g/mol. The second kappa shape index (κ2) is 13.6. The van der Waals surface area contributed by atoms with E-state index in [2.05, 4.69) is 15.5 Å². The van der Waals surface area contributed by atoms with Crippen molar-refractivity contribution in [1.29, 1.82) is 0 Å². The second-order valence-corrected chi connectivity index (χ2v) is 11.2. The molecule has 4 amide bonds. The minimum Gasteiger partial charge on any atom is -0.481 e. The molecule has 0 bridgehead atoms. The Bertz CT molecular complexity index is 1630. The molecule has 0 aliphatic carbocycles. The zero-order chi connectivity index (χ0) is 32.1. The van der Waals surface area contributed by atoms with Gasteiger partial charge in [-0.25, -0.2) is 4.79 Å². The first-order valence-electron chi connectivity index (χ1n) is 14.9. The fourth-order valence-electron chi connectivity index (χ4n) is 5.93. The maximum absolute atomic E-state index is 13.6. The number of imide groups is 1. The Labute approximate surface area is 259 Å². The van der Waals surface area contributed by atoms with Crippen LogP contribution >= 0.6 is 0 Å². The molecule has 5 rings (SSSR count). The van der Waals surface area contributed by atoms with Gasteiger partial charge in [-0.3, -0.25) is 28.9 Å². The summed E-state index contributed by atoms with van der Waals surface area (Å²) in [4.78, 5) is 79.6. The van der Waals surface area contributed by atoms with Gasteiger partial charge in [0, 0.05) is 53.5 Å². The summed E-state index contributed by atoms with van der Waals surface area (Å²) >= 11 is 0. The highest BCUT2D eigenvalue weighted by molar-refractivity contribution is 6.27. The molecule has 2 atom stereocenters. The van der Waals surface area contributed by atoms with Crippen LogP contribution in [0.25, 0.3) is 10.8 Å². The summed E-state index contributed by atoms with van der Waals surface area (Å²) in [7, 11) is 0. The van der Waals surface area contributed by atoms with Crippen molar-refractivity contribution >= 4 is 52.0 Å². The first-order valence-corrected chi connectivity index (χ1v) is 14.9. The van der Waals surface area contributed by atoms with Gasteiger partial charge in [-0.15, -0.1) is 0 Å². The number of rotatable bonds is 12. The maximum atomic E-state index is 13.6. The highest BCUT2D eigenvalue weighted by atomic mass is 16.4. The Hall–Kier alpha value is -5.26. The maximum Gasteiger partial charge on any atom is 0.326 e. The number of carbonyl (C=O) groups is 6. The molecule has 3 aromatic carbocycles. The molecule has 2 aliphatic heterocycles. The van der Waals surface area contributed by atoms with Gasteiger partial charge in [-0.05, 0) is 49.4 Å². The molecule has 2 heterocycles. The zero-order valence-electron chi connectivity index (χ0n) is 24.5. The van der Waals surface area contributed by atoms with Crippen molar-refractivity contribution in [3.63, 3.8) is 0 Å². The summed E-state index contributed by atoms with van der Waals surface area (Å²) in [5, 5.41) is 24.7. The molecular formula is C33H34N4O8.